The first kappa shape index (κ1) is 13.8. The molecule has 0 saturated carbocycles. The number of piperidine rings is 1. The molecule has 116 valence electrons. The molecule has 2 aliphatic rings. The second-order valence-electron chi connectivity index (χ2n) is 6.60. The Kier molecular flexibility index (Phi) is 3.62. The highest BCUT2D eigenvalue weighted by Gasteiger charge is 2.26. The van der Waals surface area contributed by atoms with E-state index in [4.69, 9.17) is 0 Å². The minimum Gasteiger partial charge on any atom is -0.358 e. The monoisotopic (exact) mass is 297 g/mol. The van der Waals surface area contributed by atoms with Crippen molar-refractivity contribution >= 4 is 16.8 Å². The lowest BCUT2D eigenvalue weighted by atomic mass is 9.93. The molecule has 1 N–H and O–H groups in total. The van der Waals surface area contributed by atoms with E-state index in [1.165, 1.54) is 23.0 Å². The number of aromatic nitrogens is 1. The molecular formula is C18H23N3O. The summed E-state index contributed by atoms with van der Waals surface area (Å²) in [4.78, 5) is 19.9. The van der Waals surface area contributed by atoms with Crippen molar-refractivity contribution in [3.05, 3.63) is 36.0 Å². The molecule has 0 radical (unpaired) electrons. The summed E-state index contributed by atoms with van der Waals surface area (Å²) in [6, 6.07) is 10.8. The zero-order valence-corrected chi connectivity index (χ0v) is 12.9. The van der Waals surface area contributed by atoms with Crippen molar-refractivity contribution < 1.29 is 4.79 Å². The number of amides is 1. The fraction of sp³-hybridized carbons (Fsp3) is 0.500. The van der Waals surface area contributed by atoms with Crippen LogP contribution in [0.4, 0.5) is 0 Å². The van der Waals surface area contributed by atoms with Gasteiger partial charge in [0.1, 0.15) is 0 Å². The molecule has 1 amide bonds. The maximum atomic E-state index is 12.0. The molecule has 4 rings (SSSR count). The molecule has 1 aromatic heterocycles. The topological polar surface area (TPSA) is 39.3 Å². The number of fused-ring (bicyclic) bond motifs is 1. The lowest BCUT2D eigenvalue weighted by molar-refractivity contribution is -0.136. The van der Waals surface area contributed by atoms with Gasteiger partial charge in [-0.05, 0) is 49.9 Å². The number of hydrogen-bond acceptors (Lipinski definition) is 2. The SMILES string of the molecule is O=C(CN1CCC(c2cc3ccccc3[nH]2)CC1)N1CCC1. The van der Waals surface area contributed by atoms with E-state index < -0.39 is 0 Å². The van der Waals surface area contributed by atoms with Gasteiger partial charge < -0.3 is 9.88 Å². The van der Waals surface area contributed by atoms with Crippen LogP contribution in [0.1, 0.15) is 30.9 Å². The van der Waals surface area contributed by atoms with Crippen LogP contribution in [0.2, 0.25) is 0 Å². The Morgan fingerprint density at radius 1 is 1.14 bits per heavy atom. The molecule has 4 heteroatoms. The third-order valence-corrected chi connectivity index (χ3v) is 5.15. The van der Waals surface area contributed by atoms with Crippen molar-refractivity contribution in [1.82, 2.24) is 14.8 Å². The van der Waals surface area contributed by atoms with Gasteiger partial charge in [-0.15, -0.1) is 0 Å². The summed E-state index contributed by atoms with van der Waals surface area (Å²) in [5.41, 5.74) is 2.59. The summed E-state index contributed by atoms with van der Waals surface area (Å²) in [5, 5.41) is 1.30. The van der Waals surface area contributed by atoms with E-state index in [0.29, 0.717) is 18.4 Å². The molecule has 0 unspecified atom stereocenters. The molecular weight excluding hydrogens is 274 g/mol. The summed E-state index contributed by atoms with van der Waals surface area (Å²) >= 11 is 0. The van der Waals surface area contributed by atoms with Crippen molar-refractivity contribution in [3.8, 4) is 0 Å². The maximum Gasteiger partial charge on any atom is 0.236 e. The average molecular weight is 297 g/mol. The molecule has 22 heavy (non-hydrogen) atoms. The number of para-hydroxylation sites is 1. The largest absolute Gasteiger partial charge is 0.358 e. The van der Waals surface area contributed by atoms with Crippen LogP contribution >= 0.6 is 0 Å². The molecule has 4 nitrogen and oxygen atoms in total. The first-order chi connectivity index (χ1) is 10.8. The van der Waals surface area contributed by atoms with Crippen LogP contribution in [0.15, 0.2) is 30.3 Å². The summed E-state index contributed by atoms with van der Waals surface area (Å²) in [7, 11) is 0. The highest BCUT2D eigenvalue weighted by atomic mass is 16.2. The number of hydrogen-bond donors (Lipinski definition) is 1. The van der Waals surface area contributed by atoms with Gasteiger partial charge in [-0.1, -0.05) is 18.2 Å². The Balaban J connectivity index is 1.35. The number of rotatable bonds is 3. The Bertz CT molecular complexity index is 633. The van der Waals surface area contributed by atoms with Crippen molar-refractivity contribution in [1.29, 1.82) is 0 Å². The van der Waals surface area contributed by atoms with E-state index in [1.807, 2.05) is 4.90 Å². The molecule has 0 aliphatic carbocycles. The molecule has 1 aromatic carbocycles. The second-order valence-corrected chi connectivity index (χ2v) is 6.60. The van der Waals surface area contributed by atoms with Crippen molar-refractivity contribution in [2.45, 2.75) is 25.2 Å². The summed E-state index contributed by atoms with van der Waals surface area (Å²) in [5.74, 6) is 0.915. The summed E-state index contributed by atoms with van der Waals surface area (Å²) in [6.45, 7) is 4.59. The highest BCUT2D eigenvalue weighted by molar-refractivity contribution is 5.80. The van der Waals surface area contributed by atoms with Crippen LogP contribution < -0.4 is 0 Å². The van der Waals surface area contributed by atoms with E-state index in [1.54, 1.807) is 0 Å². The third-order valence-electron chi connectivity index (χ3n) is 5.15. The summed E-state index contributed by atoms with van der Waals surface area (Å²) < 4.78 is 0. The van der Waals surface area contributed by atoms with Crippen LogP contribution in [0.3, 0.4) is 0 Å². The van der Waals surface area contributed by atoms with Crippen LogP contribution in [0, 0.1) is 0 Å². The average Bonchev–Trinajstić information content (AvgIpc) is 2.90. The standard InChI is InChI=1S/C18H23N3O/c22-18(21-8-3-9-21)13-20-10-6-14(7-11-20)17-12-15-4-1-2-5-16(15)19-17/h1-2,4-5,12,14,19H,3,6-11,13H2. The number of benzene rings is 1. The van der Waals surface area contributed by atoms with Gasteiger partial charge in [-0.25, -0.2) is 0 Å². The van der Waals surface area contributed by atoms with Gasteiger partial charge in [0, 0.05) is 30.2 Å². The smallest absolute Gasteiger partial charge is 0.236 e. The van der Waals surface area contributed by atoms with Crippen molar-refractivity contribution in [3.63, 3.8) is 0 Å². The first-order valence-corrected chi connectivity index (χ1v) is 8.37. The van der Waals surface area contributed by atoms with Gasteiger partial charge >= 0.3 is 0 Å². The third kappa shape index (κ3) is 2.63. The molecule has 3 heterocycles. The van der Waals surface area contributed by atoms with Gasteiger partial charge in [-0.3, -0.25) is 9.69 Å². The lowest BCUT2D eigenvalue weighted by Gasteiger charge is -2.35. The minimum absolute atomic E-state index is 0.315. The van der Waals surface area contributed by atoms with Crippen LogP contribution in [0.25, 0.3) is 10.9 Å². The highest BCUT2D eigenvalue weighted by Crippen LogP contribution is 2.29. The maximum absolute atomic E-state index is 12.0. The van der Waals surface area contributed by atoms with Crippen molar-refractivity contribution in [2.24, 2.45) is 0 Å². The van der Waals surface area contributed by atoms with Gasteiger partial charge in [0.15, 0.2) is 0 Å². The summed E-state index contributed by atoms with van der Waals surface area (Å²) in [6.07, 6.45) is 3.45. The predicted molar refractivity (Wildman–Crippen MR) is 87.9 cm³/mol. The van der Waals surface area contributed by atoms with Gasteiger partial charge in [-0.2, -0.15) is 0 Å². The number of nitrogens with one attached hydrogen (secondary N) is 1. The Morgan fingerprint density at radius 3 is 2.59 bits per heavy atom. The Hall–Kier alpha value is -1.81. The quantitative estimate of drug-likeness (QED) is 0.946. The number of nitrogens with zero attached hydrogens (tertiary/aromatic N) is 2. The molecule has 2 saturated heterocycles. The Morgan fingerprint density at radius 2 is 1.91 bits per heavy atom. The zero-order chi connectivity index (χ0) is 14.9. The number of H-pyrrole nitrogens is 1. The lowest BCUT2D eigenvalue weighted by Crippen LogP contribution is -2.48. The van der Waals surface area contributed by atoms with Gasteiger partial charge in [0.25, 0.3) is 0 Å². The fourth-order valence-corrected chi connectivity index (χ4v) is 3.57. The number of carbonyl (C=O) groups excluding carboxylic acids is 1. The Labute approximate surface area is 131 Å². The van der Waals surface area contributed by atoms with Gasteiger partial charge in [0.2, 0.25) is 5.91 Å². The van der Waals surface area contributed by atoms with E-state index >= 15 is 0 Å². The normalized spacial score (nSPS) is 20.3. The number of carbonyl (C=O) groups is 1. The van der Waals surface area contributed by atoms with Crippen LogP contribution in [0.5, 0.6) is 0 Å². The van der Waals surface area contributed by atoms with Crippen molar-refractivity contribution in [2.75, 3.05) is 32.7 Å². The van der Waals surface area contributed by atoms with Crippen LogP contribution in [-0.2, 0) is 4.79 Å². The predicted octanol–water partition coefficient (Wildman–Crippen LogP) is 2.58. The first-order valence-electron chi connectivity index (χ1n) is 8.37. The molecule has 2 aromatic rings. The second kappa shape index (κ2) is 5.76. The van der Waals surface area contributed by atoms with Gasteiger partial charge in [0.05, 0.1) is 6.54 Å². The minimum atomic E-state index is 0.315. The molecule has 0 spiro atoms. The van der Waals surface area contributed by atoms with Crippen LogP contribution in [-0.4, -0.2) is 53.4 Å². The molecule has 0 atom stereocenters. The molecule has 0 bridgehead atoms. The molecule has 2 aliphatic heterocycles. The number of aromatic amines is 1. The fourth-order valence-electron chi connectivity index (χ4n) is 3.57. The molecule has 2 fully saturated rings. The number of likely N-dealkylation sites (tertiary alicyclic amines) is 2. The van der Waals surface area contributed by atoms with E-state index in [9.17, 15) is 4.79 Å². The van der Waals surface area contributed by atoms with E-state index in [2.05, 4.69) is 40.2 Å². The van der Waals surface area contributed by atoms with E-state index in [-0.39, 0.29) is 0 Å². The van der Waals surface area contributed by atoms with E-state index in [0.717, 1.165) is 39.0 Å². The zero-order valence-electron chi connectivity index (χ0n) is 12.9.